The van der Waals surface area contributed by atoms with Gasteiger partial charge in [0.25, 0.3) is 0 Å². The molecular formula is C18H24IN3OS. The summed E-state index contributed by atoms with van der Waals surface area (Å²) in [6.45, 7) is 3.30. The molecule has 0 radical (unpaired) electrons. The van der Waals surface area contributed by atoms with Crippen molar-refractivity contribution in [2.24, 2.45) is 10.7 Å². The first-order valence-corrected chi connectivity index (χ1v) is 8.51. The predicted molar refractivity (Wildman–Crippen MR) is 115 cm³/mol. The number of para-hydroxylation sites is 1. The number of nitrogens with zero attached hydrogens (tertiary/aromatic N) is 1. The molecule has 2 rings (SSSR count). The number of thioether (sulfide) groups is 1. The molecule has 0 fully saturated rings. The van der Waals surface area contributed by atoms with Gasteiger partial charge < -0.3 is 15.8 Å². The summed E-state index contributed by atoms with van der Waals surface area (Å²) in [5, 5.41) is 3.14. The fourth-order valence-electron chi connectivity index (χ4n) is 2.07. The molecule has 0 spiro atoms. The molecule has 0 aromatic heterocycles. The summed E-state index contributed by atoms with van der Waals surface area (Å²) in [5.74, 6) is 1.32. The van der Waals surface area contributed by atoms with Gasteiger partial charge in [0.05, 0.1) is 13.2 Å². The maximum atomic E-state index is 5.96. The van der Waals surface area contributed by atoms with Crippen molar-refractivity contribution in [1.29, 1.82) is 0 Å². The minimum absolute atomic E-state index is 0. The third-order valence-electron chi connectivity index (χ3n) is 3.24. The summed E-state index contributed by atoms with van der Waals surface area (Å²) < 4.78 is 5.18. The van der Waals surface area contributed by atoms with E-state index >= 15 is 0 Å². The van der Waals surface area contributed by atoms with Crippen LogP contribution in [0.25, 0.3) is 0 Å². The van der Waals surface area contributed by atoms with Gasteiger partial charge in [0, 0.05) is 29.0 Å². The second kappa shape index (κ2) is 11.3. The monoisotopic (exact) mass is 457 g/mol. The molecule has 0 atom stereocenters. The standard InChI is InChI=1S/C18H23N3OS.HI/c1-14-7-9-16(10-8-14)23-12-11-20-18(19)21-17-6-4-3-5-15(17)13-22-2;/h3-10H,11-13H2,1-2H3,(H3,19,20,21);1H. The number of halogens is 1. The van der Waals surface area contributed by atoms with Gasteiger partial charge in [-0.2, -0.15) is 0 Å². The Morgan fingerprint density at radius 2 is 1.88 bits per heavy atom. The van der Waals surface area contributed by atoms with Crippen LogP contribution < -0.4 is 11.1 Å². The lowest BCUT2D eigenvalue weighted by molar-refractivity contribution is 0.185. The molecule has 2 aromatic carbocycles. The number of hydrogen-bond acceptors (Lipinski definition) is 3. The molecule has 0 saturated heterocycles. The summed E-state index contributed by atoms with van der Waals surface area (Å²) in [4.78, 5) is 5.63. The van der Waals surface area contributed by atoms with Crippen molar-refractivity contribution >= 4 is 47.4 Å². The quantitative estimate of drug-likeness (QED) is 0.214. The lowest BCUT2D eigenvalue weighted by Gasteiger charge is -2.10. The van der Waals surface area contributed by atoms with Crippen molar-refractivity contribution in [3.8, 4) is 0 Å². The van der Waals surface area contributed by atoms with Crippen molar-refractivity contribution in [2.45, 2.75) is 18.4 Å². The number of nitrogens with one attached hydrogen (secondary N) is 1. The lowest BCUT2D eigenvalue weighted by atomic mass is 10.2. The van der Waals surface area contributed by atoms with Gasteiger partial charge in [-0.1, -0.05) is 35.9 Å². The number of methoxy groups -OCH3 is 1. The average Bonchev–Trinajstić information content (AvgIpc) is 2.55. The van der Waals surface area contributed by atoms with E-state index in [-0.39, 0.29) is 24.0 Å². The van der Waals surface area contributed by atoms with E-state index in [2.05, 4.69) is 41.5 Å². The summed E-state index contributed by atoms with van der Waals surface area (Å²) in [5.41, 5.74) is 9.22. The Balaban J connectivity index is 0.00000288. The number of benzene rings is 2. The Morgan fingerprint density at radius 1 is 1.17 bits per heavy atom. The molecule has 130 valence electrons. The second-order valence-electron chi connectivity index (χ2n) is 5.14. The van der Waals surface area contributed by atoms with Crippen LogP contribution in [0.4, 0.5) is 5.69 Å². The topological polar surface area (TPSA) is 59.6 Å². The maximum absolute atomic E-state index is 5.96. The van der Waals surface area contributed by atoms with Gasteiger partial charge in [-0.3, -0.25) is 4.99 Å². The Bertz CT molecular complexity index is 647. The normalized spacial score (nSPS) is 11.0. The van der Waals surface area contributed by atoms with E-state index in [4.69, 9.17) is 10.5 Å². The van der Waals surface area contributed by atoms with E-state index in [1.165, 1.54) is 10.5 Å². The fraction of sp³-hybridized carbons (Fsp3) is 0.278. The van der Waals surface area contributed by atoms with E-state index in [0.29, 0.717) is 19.1 Å². The Hall–Kier alpha value is -1.25. The molecule has 2 aromatic rings. The number of aliphatic imine (C=N–C) groups is 1. The smallest absolute Gasteiger partial charge is 0.193 e. The Morgan fingerprint density at radius 3 is 2.58 bits per heavy atom. The van der Waals surface area contributed by atoms with E-state index in [1.54, 1.807) is 18.9 Å². The molecule has 0 bridgehead atoms. The molecule has 24 heavy (non-hydrogen) atoms. The van der Waals surface area contributed by atoms with Gasteiger partial charge >= 0.3 is 0 Å². The number of ether oxygens (including phenoxy) is 1. The van der Waals surface area contributed by atoms with Gasteiger partial charge in [0.2, 0.25) is 0 Å². The van der Waals surface area contributed by atoms with Crippen molar-refractivity contribution in [3.63, 3.8) is 0 Å². The van der Waals surface area contributed by atoms with Gasteiger partial charge in [0.1, 0.15) is 0 Å². The zero-order valence-electron chi connectivity index (χ0n) is 14.0. The minimum atomic E-state index is 0. The van der Waals surface area contributed by atoms with Crippen LogP contribution in [0.5, 0.6) is 0 Å². The highest BCUT2D eigenvalue weighted by Crippen LogP contribution is 2.18. The van der Waals surface area contributed by atoms with Crippen LogP contribution in [0, 0.1) is 6.92 Å². The Labute approximate surface area is 165 Å². The molecule has 0 aliphatic heterocycles. The molecular weight excluding hydrogens is 433 g/mol. The van der Waals surface area contributed by atoms with Crippen LogP contribution in [-0.4, -0.2) is 25.4 Å². The summed E-state index contributed by atoms with van der Waals surface area (Å²) in [7, 11) is 1.68. The molecule has 4 nitrogen and oxygen atoms in total. The summed E-state index contributed by atoms with van der Waals surface area (Å²) in [6.07, 6.45) is 0. The number of nitrogens with two attached hydrogens (primary N) is 1. The van der Waals surface area contributed by atoms with Crippen molar-refractivity contribution in [1.82, 2.24) is 0 Å². The molecule has 6 heteroatoms. The SMILES string of the molecule is COCc1ccccc1NC(N)=NCCSc1ccc(C)cc1.I. The second-order valence-corrected chi connectivity index (χ2v) is 6.31. The van der Waals surface area contributed by atoms with Crippen molar-refractivity contribution < 1.29 is 4.74 Å². The maximum Gasteiger partial charge on any atom is 0.193 e. The van der Waals surface area contributed by atoms with Crippen LogP contribution in [0.2, 0.25) is 0 Å². The zero-order chi connectivity index (χ0) is 16.5. The largest absolute Gasteiger partial charge is 0.380 e. The number of aryl methyl sites for hydroxylation is 1. The number of rotatable bonds is 7. The Kier molecular flexibility index (Phi) is 9.82. The number of hydrogen-bond donors (Lipinski definition) is 2. The lowest BCUT2D eigenvalue weighted by Crippen LogP contribution is -2.23. The average molecular weight is 457 g/mol. The van der Waals surface area contributed by atoms with Crippen LogP contribution in [-0.2, 0) is 11.3 Å². The minimum Gasteiger partial charge on any atom is -0.380 e. The van der Waals surface area contributed by atoms with Crippen LogP contribution >= 0.6 is 35.7 Å². The molecule has 0 unspecified atom stereocenters. The molecule has 0 heterocycles. The molecule has 0 amide bonds. The summed E-state index contributed by atoms with van der Waals surface area (Å²) >= 11 is 1.78. The molecule has 0 saturated carbocycles. The first-order valence-electron chi connectivity index (χ1n) is 7.52. The first-order chi connectivity index (χ1) is 11.2. The first kappa shape index (κ1) is 20.8. The van der Waals surface area contributed by atoms with E-state index in [1.807, 2.05) is 24.3 Å². The van der Waals surface area contributed by atoms with Crippen LogP contribution in [0.1, 0.15) is 11.1 Å². The number of guanidine groups is 1. The zero-order valence-corrected chi connectivity index (χ0v) is 17.1. The number of anilines is 1. The van der Waals surface area contributed by atoms with Gasteiger partial charge in [-0.25, -0.2) is 0 Å². The van der Waals surface area contributed by atoms with E-state index < -0.39 is 0 Å². The van der Waals surface area contributed by atoms with Crippen LogP contribution in [0.15, 0.2) is 58.4 Å². The van der Waals surface area contributed by atoms with E-state index in [9.17, 15) is 0 Å². The third-order valence-corrected chi connectivity index (χ3v) is 4.24. The fourth-order valence-corrected chi connectivity index (χ4v) is 2.81. The van der Waals surface area contributed by atoms with Crippen LogP contribution in [0.3, 0.4) is 0 Å². The third kappa shape index (κ3) is 7.11. The van der Waals surface area contributed by atoms with Gasteiger partial charge in [0.15, 0.2) is 5.96 Å². The highest BCUT2D eigenvalue weighted by atomic mass is 127. The van der Waals surface area contributed by atoms with Gasteiger partial charge in [-0.05, 0) is 25.1 Å². The van der Waals surface area contributed by atoms with Gasteiger partial charge in [-0.15, -0.1) is 35.7 Å². The predicted octanol–water partition coefficient (Wildman–Crippen LogP) is 4.28. The van der Waals surface area contributed by atoms with E-state index in [0.717, 1.165) is 17.0 Å². The highest BCUT2D eigenvalue weighted by Gasteiger charge is 2.02. The molecule has 0 aliphatic rings. The summed E-state index contributed by atoms with van der Waals surface area (Å²) in [6, 6.07) is 16.4. The van der Waals surface area contributed by atoms with Crippen molar-refractivity contribution in [2.75, 3.05) is 24.7 Å². The molecule has 0 aliphatic carbocycles. The van der Waals surface area contributed by atoms with Crippen molar-refractivity contribution in [3.05, 3.63) is 59.7 Å². The highest BCUT2D eigenvalue weighted by molar-refractivity contribution is 14.0. The molecule has 3 N–H and O–H groups in total.